The van der Waals surface area contributed by atoms with Crippen molar-refractivity contribution >= 4 is 17.4 Å². The number of imidazole rings is 1. The number of hydrogen-bond acceptors (Lipinski definition) is 4. The van der Waals surface area contributed by atoms with E-state index in [9.17, 15) is 10.1 Å². The number of rotatable bonds is 6. The fourth-order valence-electron chi connectivity index (χ4n) is 2.67. The van der Waals surface area contributed by atoms with Crippen molar-refractivity contribution in [2.24, 2.45) is 0 Å². The van der Waals surface area contributed by atoms with Gasteiger partial charge in [0.1, 0.15) is 0 Å². The highest BCUT2D eigenvalue weighted by atomic mass is 32.2. The van der Waals surface area contributed by atoms with Crippen LogP contribution in [-0.4, -0.2) is 14.9 Å². The average Bonchev–Trinajstić information content (AvgIpc) is 2.94. The average molecular weight is 353 g/mol. The molecule has 0 aliphatic rings. The molecule has 1 heterocycles. The van der Waals surface area contributed by atoms with Crippen LogP contribution in [-0.2, 0) is 12.2 Å². The van der Waals surface area contributed by atoms with Crippen LogP contribution in [0.2, 0.25) is 0 Å². The highest BCUT2D eigenvalue weighted by Gasteiger charge is 2.14. The number of nitro groups is 1. The number of nitro benzene ring substituents is 1. The lowest BCUT2D eigenvalue weighted by molar-refractivity contribution is -0.385. The first kappa shape index (κ1) is 17.2. The number of hydrogen-bond donors (Lipinski definition) is 1. The fraction of sp³-hybridized carbons (Fsp3) is 0.211. The minimum absolute atomic E-state index is 0.165. The molecule has 0 aliphatic carbocycles. The molecule has 2 aromatic carbocycles. The highest BCUT2D eigenvalue weighted by molar-refractivity contribution is 7.98. The van der Waals surface area contributed by atoms with E-state index in [1.165, 1.54) is 5.56 Å². The van der Waals surface area contributed by atoms with E-state index in [-0.39, 0.29) is 10.6 Å². The van der Waals surface area contributed by atoms with E-state index in [4.69, 9.17) is 0 Å². The SMILES string of the molecule is Cc1[nH]c(SCc2cccc([N+](=O)[O-])c2C)nc1Cc1ccccc1. The van der Waals surface area contributed by atoms with Crippen LogP contribution in [0.3, 0.4) is 0 Å². The van der Waals surface area contributed by atoms with Crippen molar-refractivity contribution < 1.29 is 4.92 Å². The first-order valence-corrected chi connectivity index (χ1v) is 8.98. The third-order valence-corrected chi connectivity index (χ3v) is 5.08. The van der Waals surface area contributed by atoms with Gasteiger partial charge in [-0.2, -0.15) is 0 Å². The summed E-state index contributed by atoms with van der Waals surface area (Å²) in [6.45, 7) is 3.82. The van der Waals surface area contributed by atoms with Crippen LogP contribution in [0, 0.1) is 24.0 Å². The molecule has 0 atom stereocenters. The second-order valence-electron chi connectivity index (χ2n) is 5.88. The number of aromatic amines is 1. The molecule has 0 saturated carbocycles. The van der Waals surface area contributed by atoms with Gasteiger partial charge in [0.2, 0.25) is 0 Å². The summed E-state index contributed by atoms with van der Waals surface area (Å²) in [4.78, 5) is 18.7. The Hall–Kier alpha value is -2.60. The Morgan fingerprint density at radius 1 is 1.12 bits per heavy atom. The third-order valence-electron chi connectivity index (χ3n) is 4.16. The maximum atomic E-state index is 11.1. The summed E-state index contributed by atoms with van der Waals surface area (Å²) in [5, 5.41) is 11.9. The van der Waals surface area contributed by atoms with Gasteiger partial charge < -0.3 is 4.98 Å². The molecule has 6 heteroatoms. The van der Waals surface area contributed by atoms with Crippen molar-refractivity contribution in [2.75, 3.05) is 0 Å². The lowest BCUT2D eigenvalue weighted by Gasteiger charge is -2.04. The molecule has 3 rings (SSSR count). The van der Waals surface area contributed by atoms with Gasteiger partial charge in [-0.1, -0.05) is 54.2 Å². The molecule has 1 N–H and O–H groups in total. The maximum absolute atomic E-state index is 11.1. The Labute approximate surface area is 150 Å². The number of thioether (sulfide) groups is 1. The van der Waals surface area contributed by atoms with Crippen molar-refractivity contribution in [3.05, 3.63) is 86.7 Å². The van der Waals surface area contributed by atoms with Crippen LogP contribution in [0.1, 0.15) is 28.1 Å². The number of benzene rings is 2. The van der Waals surface area contributed by atoms with Gasteiger partial charge in [-0.05, 0) is 25.0 Å². The molecule has 0 aliphatic heterocycles. The van der Waals surface area contributed by atoms with Gasteiger partial charge in [0, 0.05) is 29.5 Å². The molecule has 128 valence electrons. The number of H-pyrrole nitrogens is 1. The summed E-state index contributed by atoms with van der Waals surface area (Å²) in [6.07, 6.45) is 0.791. The molecular weight excluding hydrogens is 334 g/mol. The third kappa shape index (κ3) is 4.09. The largest absolute Gasteiger partial charge is 0.337 e. The number of aryl methyl sites for hydroxylation is 1. The summed E-state index contributed by atoms with van der Waals surface area (Å²) in [6, 6.07) is 15.4. The van der Waals surface area contributed by atoms with Crippen molar-refractivity contribution in [1.82, 2.24) is 9.97 Å². The van der Waals surface area contributed by atoms with E-state index < -0.39 is 0 Å². The minimum atomic E-state index is -0.335. The second-order valence-corrected chi connectivity index (χ2v) is 6.85. The molecule has 0 radical (unpaired) electrons. The lowest BCUT2D eigenvalue weighted by Crippen LogP contribution is -1.95. The Balaban J connectivity index is 1.72. The molecule has 0 saturated heterocycles. The predicted molar refractivity (Wildman–Crippen MR) is 100.0 cm³/mol. The molecule has 5 nitrogen and oxygen atoms in total. The lowest BCUT2D eigenvalue weighted by atomic mass is 10.1. The minimum Gasteiger partial charge on any atom is -0.337 e. The van der Waals surface area contributed by atoms with Gasteiger partial charge in [-0.15, -0.1) is 0 Å². The quantitative estimate of drug-likeness (QED) is 0.392. The fourth-order valence-corrected chi connectivity index (χ4v) is 3.67. The summed E-state index contributed by atoms with van der Waals surface area (Å²) in [5.41, 5.74) is 5.15. The molecule has 0 spiro atoms. The van der Waals surface area contributed by atoms with Gasteiger partial charge in [0.05, 0.1) is 10.6 Å². The van der Waals surface area contributed by atoms with Gasteiger partial charge in [-0.25, -0.2) is 4.98 Å². The van der Waals surface area contributed by atoms with Gasteiger partial charge in [-0.3, -0.25) is 10.1 Å². The van der Waals surface area contributed by atoms with Gasteiger partial charge >= 0.3 is 0 Å². The molecule has 3 aromatic rings. The standard InChI is InChI=1S/C19H19N3O2S/c1-13-16(9-6-10-18(13)22(23)24)12-25-19-20-14(2)17(21-19)11-15-7-4-3-5-8-15/h3-10H,11-12H2,1-2H3,(H,20,21). The summed E-state index contributed by atoms with van der Waals surface area (Å²) < 4.78 is 0. The molecular formula is C19H19N3O2S. The van der Waals surface area contributed by atoms with E-state index in [0.29, 0.717) is 11.3 Å². The molecule has 0 amide bonds. The Morgan fingerprint density at radius 3 is 2.60 bits per heavy atom. The number of nitrogens with one attached hydrogen (secondary N) is 1. The topological polar surface area (TPSA) is 71.8 Å². The maximum Gasteiger partial charge on any atom is 0.272 e. The van der Waals surface area contributed by atoms with E-state index in [2.05, 4.69) is 22.1 Å². The van der Waals surface area contributed by atoms with Crippen LogP contribution in [0.15, 0.2) is 53.7 Å². The van der Waals surface area contributed by atoms with Crippen LogP contribution >= 0.6 is 11.8 Å². The van der Waals surface area contributed by atoms with Crippen LogP contribution in [0.4, 0.5) is 5.69 Å². The zero-order chi connectivity index (χ0) is 17.8. The van der Waals surface area contributed by atoms with E-state index >= 15 is 0 Å². The highest BCUT2D eigenvalue weighted by Crippen LogP contribution is 2.27. The zero-order valence-corrected chi connectivity index (χ0v) is 15.0. The van der Waals surface area contributed by atoms with E-state index in [1.54, 1.807) is 30.8 Å². The first-order valence-electron chi connectivity index (χ1n) is 7.99. The molecule has 0 unspecified atom stereocenters. The summed E-state index contributed by atoms with van der Waals surface area (Å²) >= 11 is 1.56. The van der Waals surface area contributed by atoms with Crippen molar-refractivity contribution in [1.29, 1.82) is 0 Å². The Bertz CT molecular complexity index is 891. The van der Waals surface area contributed by atoms with Gasteiger partial charge in [0.15, 0.2) is 5.16 Å². The predicted octanol–water partition coefficient (Wildman–Crippen LogP) is 4.82. The Morgan fingerprint density at radius 2 is 1.88 bits per heavy atom. The van der Waals surface area contributed by atoms with Crippen LogP contribution < -0.4 is 0 Å². The van der Waals surface area contributed by atoms with Gasteiger partial charge in [0.25, 0.3) is 5.69 Å². The van der Waals surface area contributed by atoms with E-state index in [0.717, 1.165) is 28.5 Å². The first-order chi connectivity index (χ1) is 12.0. The van der Waals surface area contributed by atoms with E-state index in [1.807, 2.05) is 31.2 Å². The molecule has 0 bridgehead atoms. The smallest absolute Gasteiger partial charge is 0.272 e. The number of nitrogens with zero attached hydrogens (tertiary/aromatic N) is 2. The molecule has 1 aromatic heterocycles. The second kappa shape index (κ2) is 7.53. The van der Waals surface area contributed by atoms with Crippen molar-refractivity contribution in [3.63, 3.8) is 0 Å². The monoisotopic (exact) mass is 353 g/mol. The zero-order valence-electron chi connectivity index (χ0n) is 14.2. The molecule has 0 fully saturated rings. The normalized spacial score (nSPS) is 10.8. The van der Waals surface area contributed by atoms with Crippen molar-refractivity contribution in [3.8, 4) is 0 Å². The van der Waals surface area contributed by atoms with Crippen molar-refractivity contribution in [2.45, 2.75) is 31.2 Å². The summed E-state index contributed by atoms with van der Waals surface area (Å²) in [7, 11) is 0. The summed E-state index contributed by atoms with van der Waals surface area (Å²) in [5.74, 6) is 0.644. The van der Waals surface area contributed by atoms with Crippen LogP contribution in [0.25, 0.3) is 0 Å². The number of aromatic nitrogens is 2. The Kier molecular flexibility index (Phi) is 5.19. The molecule has 25 heavy (non-hydrogen) atoms. The van der Waals surface area contributed by atoms with Crippen LogP contribution in [0.5, 0.6) is 0 Å².